The van der Waals surface area contributed by atoms with E-state index in [1.807, 2.05) is 4.90 Å². The van der Waals surface area contributed by atoms with E-state index in [1.54, 1.807) is 12.4 Å². The minimum absolute atomic E-state index is 0.109. The van der Waals surface area contributed by atoms with E-state index in [9.17, 15) is 9.59 Å². The van der Waals surface area contributed by atoms with Gasteiger partial charge in [0.1, 0.15) is 0 Å². The van der Waals surface area contributed by atoms with E-state index in [1.165, 1.54) is 19.3 Å². The van der Waals surface area contributed by atoms with Gasteiger partial charge in [-0.15, -0.1) is 0 Å². The zero-order chi connectivity index (χ0) is 15.2. The Morgan fingerprint density at radius 2 is 1.76 bits per heavy atom. The van der Waals surface area contributed by atoms with Crippen LogP contribution in [0.15, 0.2) is 0 Å². The summed E-state index contributed by atoms with van der Waals surface area (Å²) in [4.78, 5) is 26.5. The van der Waals surface area contributed by atoms with Crippen LogP contribution in [0.3, 0.4) is 0 Å². The molecule has 1 aliphatic heterocycles. The van der Waals surface area contributed by atoms with Gasteiger partial charge in [0.25, 0.3) is 0 Å². The second-order valence-corrected chi connectivity index (χ2v) is 6.64. The second-order valence-electron chi connectivity index (χ2n) is 6.64. The van der Waals surface area contributed by atoms with Crippen LogP contribution in [0.5, 0.6) is 0 Å². The lowest BCUT2D eigenvalue weighted by molar-refractivity contribution is -0.145. The minimum Gasteiger partial charge on any atom is -0.342 e. The third-order valence-electron chi connectivity index (χ3n) is 5.17. The molecule has 5 nitrogen and oxygen atoms in total. The first-order chi connectivity index (χ1) is 10.1. The molecule has 120 valence electrons. The lowest BCUT2D eigenvalue weighted by Crippen LogP contribution is -2.45. The average Bonchev–Trinajstić information content (AvgIpc) is 3.04. The van der Waals surface area contributed by atoms with E-state index < -0.39 is 11.8 Å². The maximum Gasteiger partial charge on any atom is 0.246 e. The van der Waals surface area contributed by atoms with E-state index in [0.29, 0.717) is 5.92 Å². The van der Waals surface area contributed by atoms with Gasteiger partial charge in [0.15, 0.2) is 0 Å². The van der Waals surface area contributed by atoms with E-state index in [0.717, 1.165) is 45.2 Å². The average molecular weight is 296 g/mol. The maximum absolute atomic E-state index is 12.8. The number of nitrogens with one attached hydrogen (secondary N) is 1. The van der Waals surface area contributed by atoms with E-state index in [4.69, 9.17) is 5.21 Å². The Bertz CT molecular complexity index is 361. The molecule has 1 heterocycles. The molecule has 0 aromatic heterocycles. The van der Waals surface area contributed by atoms with Gasteiger partial charge in [-0.1, -0.05) is 32.6 Å². The van der Waals surface area contributed by atoms with Crippen molar-refractivity contribution in [3.63, 3.8) is 0 Å². The molecule has 5 heteroatoms. The first-order valence-electron chi connectivity index (χ1n) is 8.36. The Balaban J connectivity index is 2.05. The van der Waals surface area contributed by atoms with Crippen molar-refractivity contribution in [1.29, 1.82) is 0 Å². The number of hydroxylamine groups is 1. The van der Waals surface area contributed by atoms with E-state index in [2.05, 4.69) is 0 Å². The predicted octanol–water partition coefficient (Wildman–Crippen LogP) is 2.34. The van der Waals surface area contributed by atoms with E-state index in [-0.39, 0.29) is 11.8 Å². The SMILES string of the molecule is C[C@H](C(=O)NO)[C@@H](CC1CCCC1)C(=O)N1CCCCC1. The second kappa shape index (κ2) is 7.78. The third kappa shape index (κ3) is 4.19. The minimum atomic E-state index is -0.468. The summed E-state index contributed by atoms with van der Waals surface area (Å²) >= 11 is 0. The Kier molecular flexibility index (Phi) is 6.03. The number of hydrogen-bond acceptors (Lipinski definition) is 3. The molecule has 21 heavy (non-hydrogen) atoms. The monoisotopic (exact) mass is 296 g/mol. The normalized spacial score (nSPS) is 22.9. The first kappa shape index (κ1) is 16.3. The molecule has 2 aliphatic rings. The summed E-state index contributed by atoms with van der Waals surface area (Å²) < 4.78 is 0. The molecule has 0 unspecified atom stereocenters. The summed E-state index contributed by atoms with van der Waals surface area (Å²) in [6.45, 7) is 3.38. The lowest BCUT2D eigenvalue weighted by Gasteiger charge is -2.33. The Morgan fingerprint density at radius 1 is 1.14 bits per heavy atom. The number of amides is 2. The lowest BCUT2D eigenvalue weighted by atomic mass is 9.83. The van der Waals surface area contributed by atoms with Crippen molar-refractivity contribution in [2.24, 2.45) is 17.8 Å². The molecule has 2 N–H and O–H groups in total. The van der Waals surface area contributed by atoms with Crippen LogP contribution in [-0.2, 0) is 9.59 Å². The zero-order valence-electron chi connectivity index (χ0n) is 13.0. The number of piperidine rings is 1. The number of carbonyl (C=O) groups excluding carboxylic acids is 2. The summed E-state index contributed by atoms with van der Waals surface area (Å²) in [6.07, 6.45) is 8.87. The molecular weight excluding hydrogens is 268 g/mol. The largest absolute Gasteiger partial charge is 0.342 e. The molecular formula is C16H28N2O3. The van der Waals surface area contributed by atoms with Crippen molar-refractivity contribution in [3.8, 4) is 0 Å². The standard InChI is InChI=1S/C16H28N2O3/c1-12(15(19)17-21)14(11-13-7-3-4-8-13)16(20)18-9-5-2-6-10-18/h12-14,21H,2-11H2,1H3,(H,17,19)/t12-,14+/m0/s1. The van der Waals surface area contributed by atoms with Crippen molar-refractivity contribution in [1.82, 2.24) is 10.4 Å². The van der Waals surface area contributed by atoms with E-state index >= 15 is 0 Å². The van der Waals surface area contributed by atoms with Crippen molar-refractivity contribution in [2.45, 2.75) is 58.3 Å². The number of carbonyl (C=O) groups is 2. The predicted molar refractivity (Wildman–Crippen MR) is 79.6 cm³/mol. The Morgan fingerprint density at radius 3 is 2.33 bits per heavy atom. The van der Waals surface area contributed by atoms with Gasteiger partial charge < -0.3 is 4.90 Å². The molecule has 0 spiro atoms. The highest BCUT2D eigenvalue weighted by Crippen LogP contribution is 2.34. The van der Waals surface area contributed by atoms with Crippen molar-refractivity contribution >= 4 is 11.8 Å². The molecule has 1 saturated carbocycles. The molecule has 1 aliphatic carbocycles. The Labute approximate surface area is 127 Å². The molecule has 2 rings (SSSR count). The molecule has 0 bridgehead atoms. The number of likely N-dealkylation sites (tertiary alicyclic amines) is 1. The quantitative estimate of drug-likeness (QED) is 0.604. The van der Waals surface area contributed by atoms with Crippen molar-refractivity contribution < 1.29 is 14.8 Å². The van der Waals surface area contributed by atoms with Crippen LogP contribution in [0.2, 0.25) is 0 Å². The number of hydrogen-bond donors (Lipinski definition) is 2. The van der Waals surface area contributed by atoms with Gasteiger partial charge in [0.2, 0.25) is 11.8 Å². The molecule has 1 saturated heterocycles. The van der Waals surface area contributed by atoms with Gasteiger partial charge in [0.05, 0.1) is 0 Å². The number of nitrogens with zero attached hydrogens (tertiary/aromatic N) is 1. The van der Waals surface area contributed by atoms with Crippen LogP contribution in [0.25, 0.3) is 0 Å². The summed E-state index contributed by atoms with van der Waals surface area (Å²) in [5, 5.41) is 8.88. The molecule has 2 atom stereocenters. The van der Waals surface area contributed by atoms with Crippen LogP contribution in [0.1, 0.15) is 58.3 Å². The molecule has 2 amide bonds. The van der Waals surface area contributed by atoms with Crippen LogP contribution >= 0.6 is 0 Å². The smallest absolute Gasteiger partial charge is 0.246 e. The first-order valence-corrected chi connectivity index (χ1v) is 8.36. The highest BCUT2D eigenvalue weighted by atomic mass is 16.5. The third-order valence-corrected chi connectivity index (χ3v) is 5.17. The Hall–Kier alpha value is -1.10. The van der Waals surface area contributed by atoms with Gasteiger partial charge >= 0.3 is 0 Å². The molecule has 2 fully saturated rings. The fraction of sp³-hybridized carbons (Fsp3) is 0.875. The summed E-state index contributed by atoms with van der Waals surface area (Å²) in [5.41, 5.74) is 1.72. The molecule has 0 aromatic rings. The highest BCUT2D eigenvalue weighted by Gasteiger charge is 2.35. The van der Waals surface area contributed by atoms with Gasteiger partial charge in [-0.05, 0) is 31.6 Å². The van der Waals surface area contributed by atoms with Crippen molar-refractivity contribution in [3.05, 3.63) is 0 Å². The van der Waals surface area contributed by atoms with Crippen molar-refractivity contribution in [2.75, 3.05) is 13.1 Å². The van der Waals surface area contributed by atoms with Gasteiger partial charge in [-0.3, -0.25) is 14.8 Å². The maximum atomic E-state index is 12.8. The molecule has 0 radical (unpaired) electrons. The topological polar surface area (TPSA) is 69.6 Å². The van der Waals surface area contributed by atoms with Gasteiger partial charge in [-0.2, -0.15) is 0 Å². The summed E-state index contributed by atoms with van der Waals surface area (Å²) in [7, 11) is 0. The zero-order valence-corrected chi connectivity index (χ0v) is 13.0. The fourth-order valence-electron chi connectivity index (χ4n) is 3.76. The summed E-state index contributed by atoms with van der Waals surface area (Å²) in [6, 6.07) is 0. The van der Waals surface area contributed by atoms with Gasteiger partial charge in [-0.25, -0.2) is 5.48 Å². The van der Waals surface area contributed by atoms with Crippen LogP contribution in [-0.4, -0.2) is 35.0 Å². The molecule has 0 aromatic carbocycles. The van der Waals surface area contributed by atoms with Crippen LogP contribution in [0.4, 0.5) is 0 Å². The van der Waals surface area contributed by atoms with Crippen LogP contribution < -0.4 is 5.48 Å². The van der Waals surface area contributed by atoms with Gasteiger partial charge in [0, 0.05) is 24.9 Å². The van der Waals surface area contributed by atoms with Crippen LogP contribution in [0, 0.1) is 17.8 Å². The fourth-order valence-corrected chi connectivity index (χ4v) is 3.76. The number of rotatable bonds is 5. The highest BCUT2D eigenvalue weighted by molar-refractivity contribution is 5.87. The summed E-state index contributed by atoms with van der Waals surface area (Å²) in [5.74, 6) is -0.540.